The van der Waals surface area contributed by atoms with Crippen LogP contribution in [0.4, 0.5) is 0 Å². The normalized spacial score (nSPS) is 22.3. The highest BCUT2D eigenvalue weighted by atomic mass is 32.1. The van der Waals surface area contributed by atoms with Gasteiger partial charge >= 0.3 is 5.97 Å². The molecule has 0 bridgehead atoms. The summed E-state index contributed by atoms with van der Waals surface area (Å²) in [6, 6.07) is 5.73. The second-order valence-electron chi connectivity index (χ2n) is 7.32. The van der Waals surface area contributed by atoms with E-state index in [1.54, 1.807) is 25.5 Å². The van der Waals surface area contributed by atoms with E-state index in [1.165, 1.54) is 19.3 Å². The van der Waals surface area contributed by atoms with Crippen molar-refractivity contribution in [2.75, 3.05) is 7.11 Å². The Hall–Kier alpha value is -2.15. The molecule has 1 aromatic rings. The maximum Gasteiger partial charge on any atom is 0.314 e. The average Bonchev–Trinajstić information content (AvgIpc) is 3.50. The first kappa shape index (κ1) is 19.6. The first-order valence-corrected chi connectivity index (χ1v) is 9.97. The number of ether oxygens (including phenoxy) is 2. The van der Waals surface area contributed by atoms with Gasteiger partial charge in [-0.25, -0.2) is 0 Å². The molecule has 2 aliphatic carbocycles. The molecule has 27 heavy (non-hydrogen) atoms. The summed E-state index contributed by atoms with van der Waals surface area (Å²) in [4.78, 5) is 11.8. The van der Waals surface area contributed by atoms with E-state index in [9.17, 15) is 4.79 Å². The summed E-state index contributed by atoms with van der Waals surface area (Å²) >= 11 is 5.33. The summed E-state index contributed by atoms with van der Waals surface area (Å²) < 4.78 is 10.7. The van der Waals surface area contributed by atoms with Gasteiger partial charge in [-0.3, -0.25) is 10.2 Å². The summed E-state index contributed by atoms with van der Waals surface area (Å²) in [6.45, 7) is 2.26. The Balaban J connectivity index is 1.53. The maximum absolute atomic E-state index is 11.8. The molecule has 2 fully saturated rings. The molecule has 6 nitrogen and oxygen atoms in total. The fraction of sp³-hybridized carbons (Fsp3) is 0.550. The minimum absolute atomic E-state index is 0.0422. The molecule has 0 aromatic heterocycles. The third kappa shape index (κ3) is 5.66. The third-order valence-electron chi connectivity index (χ3n) is 5.12. The molecule has 0 aliphatic heterocycles. The summed E-state index contributed by atoms with van der Waals surface area (Å²) in [5.41, 5.74) is 3.69. The zero-order chi connectivity index (χ0) is 19.2. The van der Waals surface area contributed by atoms with E-state index in [-0.39, 0.29) is 11.9 Å². The van der Waals surface area contributed by atoms with Gasteiger partial charge in [-0.05, 0) is 67.6 Å². The van der Waals surface area contributed by atoms with Crippen LogP contribution in [0.25, 0.3) is 0 Å². The van der Waals surface area contributed by atoms with Crippen molar-refractivity contribution >= 4 is 29.5 Å². The van der Waals surface area contributed by atoms with Crippen molar-refractivity contribution in [2.45, 2.75) is 51.5 Å². The van der Waals surface area contributed by atoms with Gasteiger partial charge in [0.25, 0.3) is 0 Å². The number of carbonyl (C=O) groups is 1. The summed E-state index contributed by atoms with van der Waals surface area (Å²) in [5, 5.41) is 8.08. The molecule has 2 atom stereocenters. The highest BCUT2D eigenvalue weighted by Gasteiger charge is 2.32. The molecule has 2 N–H and O–H groups in total. The molecule has 0 amide bonds. The molecule has 0 unspecified atom stereocenters. The van der Waals surface area contributed by atoms with Crippen LogP contribution < -0.4 is 20.2 Å². The first-order chi connectivity index (χ1) is 13.1. The molecule has 146 valence electrons. The van der Waals surface area contributed by atoms with Gasteiger partial charge in [0.15, 0.2) is 16.6 Å². The van der Waals surface area contributed by atoms with Crippen LogP contribution in [-0.2, 0) is 4.79 Å². The van der Waals surface area contributed by atoms with Crippen LogP contribution in [0.15, 0.2) is 23.3 Å². The van der Waals surface area contributed by atoms with E-state index in [1.807, 2.05) is 6.07 Å². The van der Waals surface area contributed by atoms with Crippen LogP contribution in [0.3, 0.4) is 0 Å². The number of methoxy groups -OCH3 is 1. The first-order valence-electron chi connectivity index (χ1n) is 9.56. The zero-order valence-electron chi connectivity index (χ0n) is 15.9. The Morgan fingerprint density at radius 2 is 2.00 bits per heavy atom. The smallest absolute Gasteiger partial charge is 0.314 e. The van der Waals surface area contributed by atoms with E-state index in [0.717, 1.165) is 24.8 Å². The van der Waals surface area contributed by atoms with Crippen molar-refractivity contribution in [1.82, 2.24) is 10.7 Å². The lowest BCUT2D eigenvalue weighted by molar-refractivity contribution is -0.135. The van der Waals surface area contributed by atoms with Crippen LogP contribution in [0, 0.1) is 11.8 Å². The average molecular weight is 390 g/mol. The van der Waals surface area contributed by atoms with Gasteiger partial charge in [-0.2, -0.15) is 5.10 Å². The number of hydrogen-bond acceptors (Lipinski definition) is 5. The molecule has 2 aliphatic rings. The van der Waals surface area contributed by atoms with Crippen molar-refractivity contribution in [2.24, 2.45) is 16.9 Å². The molecule has 0 radical (unpaired) electrons. The Kier molecular flexibility index (Phi) is 6.66. The molecule has 3 rings (SSSR count). The number of benzene rings is 1. The molecule has 0 heterocycles. The molecular formula is C20H27N3O3S. The van der Waals surface area contributed by atoms with Crippen molar-refractivity contribution in [3.63, 3.8) is 0 Å². The SMILES string of the molecule is COc1cc(/C=N\NC(=S)N[C@@H]2CCCC[C@H]2C)ccc1OC(=O)C1CC1. The minimum Gasteiger partial charge on any atom is -0.493 e. The van der Waals surface area contributed by atoms with E-state index >= 15 is 0 Å². The second kappa shape index (κ2) is 9.17. The number of hydrazone groups is 1. The largest absolute Gasteiger partial charge is 0.493 e. The fourth-order valence-corrected chi connectivity index (χ4v) is 3.46. The molecular weight excluding hydrogens is 362 g/mol. The van der Waals surface area contributed by atoms with Crippen molar-refractivity contribution < 1.29 is 14.3 Å². The van der Waals surface area contributed by atoms with E-state index in [2.05, 4.69) is 22.8 Å². The van der Waals surface area contributed by atoms with Gasteiger partial charge in [0.1, 0.15) is 0 Å². The third-order valence-corrected chi connectivity index (χ3v) is 5.33. The van der Waals surface area contributed by atoms with Crippen LogP contribution >= 0.6 is 12.2 Å². The monoisotopic (exact) mass is 389 g/mol. The second-order valence-corrected chi connectivity index (χ2v) is 7.73. The minimum atomic E-state index is -0.190. The van der Waals surface area contributed by atoms with Crippen LogP contribution in [-0.4, -0.2) is 30.4 Å². The molecule has 7 heteroatoms. The van der Waals surface area contributed by atoms with Gasteiger partial charge in [-0.15, -0.1) is 0 Å². The Labute approximate surface area is 165 Å². The summed E-state index contributed by atoms with van der Waals surface area (Å²) in [7, 11) is 1.55. The van der Waals surface area contributed by atoms with E-state index < -0.39 is 0 Å². The Bertz CT molecular complexity index is 718. The van der Waals surface area contributed by atoms with Gasteiger partial charge in [0, 0.05) is 6.04 Å². The molecule has 0 saturated heterocycles. The summed E-state index contributed by atoms with van der Waals surface area (Å²) in [6.07, 6.45) is 8.40. The lowest BCUT2D eigenvalue weighted by Gasteiger charge is -2.30. The fourth-order valence-electron chi connectivity index (χ4n) is 3.26. The lowest BCUT2D eigenvalue weighted by Crippen LogP contribution is -2.44. The van der Waals surface area contributed by atoms with Gasteiger partial charge in [0.2, 0.25) is 0 Å². The predicted molar refractivity (Wildman–Crippen MR) is 109 cm³/mol. The molecule has 0 spiro atoms. The van der Waals surface area contributed by atoms with E-state index in [4.69, 9.17) is 21.7 Å². The van der Waals surface area contributed by atoms with Gasteiger partial charge in [-0.1, -0.05) is 19.8 Å². The van der Waals surface area contributed by atoms with Crippen LogP contribution in [0.5, 0.6) is 11.5 Å². The number of hydrogen-bond donors (Lipinski definition) is 2. The number of thiocarbonyl (C=S) groups is 1. The number of rotatable bonds is 6. The van der Waals surface area contributed by atoms with Crippen LogP contribution in [0.2, 0.25) is 0 Å². The Morgan fingerprint density at radius 1 is 1.22 bits per heavy atom. The predicted octanol–water partition coefficient (Wildman–Crippen LogP) is 3.39. The van der Waals surface area contributed by atoms with Gasteiger partial charge < -0.3 is 14.8 Å². The van der Waals surface area contributed by atoms with E-state index in [0.29, 0.717) is 28.6 Å². The highest BCUT2D eigenvalue weighted by molar-refractivity contribution is 7.80. The van der Waals surface area contributed by atoms with Crippen molar-refractivity contribution in [1.29, 1.82) is 0 Å². The van der Waals surface area contributed by atoms with Crippen molar-refractivity contribution in [3.8, 4) is 11.5 Å². The Morgan fingerprint density at radius 3 is 2.70 bits per heavy atom. The maximum atomic E-state index is 11.8. The quantitative estimate of drug-likeness (QED) is 0.255. The number of nitrogens with zero attached hydrogens (tertiary/aromatic N) is 1. The molecule has 2 saturated carbocycles. The topological polar surface area (TPSA) is 71.9 Å². The van der Waals surface area contributed by atoms with Gasteiger partial charge in [0.05, 0.1) is 19.2 Å². The highest BCUT2D eigenvalue weighted by Crippen LogP contribution is 2.34. The number of nitrogens with one attached hydrogen (secondary N) is 2. The van der Waals surface area contributed by atoms with Crippen molar-refractivity contribution in [3.05, 3.63) is 23.8 Å². The zero-order valence-corrected chi connectivity index (χ0v) is 16.7. The number of carbonyl (C=O) groups excluding carboxylic acids is 1. The molecule has 1 aromatic carbocycles. The lowest BCUT2D eigenvalue weighted by atomic mass is 9.86. The summed E-state index contributed by atoms with van der Waals surface area (Å²) in [5.74, 6) is 1.41. The number of esters is 1. The van der Waals surface area contributed by atoms with Crippen LogP contribution in [0.1, 0.15) is 51.0 Å². The standard InChI is InChI=1S/C20H27N3O3S/c1-13-5-3-4-6-16(13)22-20(27)23-21-12-14-7-10-17(18(11-14)25-2)26-19(24)15-8-9-15/h7,10-13,15-16H,3-6,8-9H2,1-2H3,(H2,22,23,27)/b21-12-/t13-,16-/m1/s1.